The fraction of sp³-hybridized carbons (Fsp3) is 0.353. The largest absolute Gasteiger partial charge is 0.462 e. The number of nitrogens with one attached hydrogen (secondary N) is 1. The Morgan fingerprint density at radius 1 is 1.25 bits per heavy atom. The van der Waals surface area contributed by atoms with Crippen molar-refractivity contribution in [3.63, 3.8) is 0 Å². The van der Waals surface area contributed by atoms with E-state index < -0.39 is 6.09 Å². The van der Waals surface area contributed by atoms with Crippen LogP contribution in [0, 0.1) is 0 Å². The number of esters is 1. The molecule has 0 spiro atoms. The predicted octanol–water partition coefficient (Wildman–Crippen LogP) is 1.48. The molecule has 7 heteroatoms. The number of amides is 2. The van der Waals surface area contributed by atoms with Crippen molar-refractivity contribution in [1.29, 1.82) is 0 Å². The third kappa shape index (κ3) is 3.40. The van der Waals surface area contributed by atoms with Gasteiger partial charge in [-0.3, -0.25) is 9.69 Å². The van der Waals surface area contributed by atoms with Crippen LogP contribution < -0.4 is 10.2 Å². The van der Waals surface area contributed by atoms with Crippen molar-refractivity contribution in [3.8, 4) is 0 Å². The van der Waals surface area contributed by atoms with Crippen molar-refractivity contribution in [2.45, 2.75) is 19.4 Å². The highest BCUT2D eigenvalue weighted by atomic mass is 16.6. The molecular formula is C17H18N2O5. The monoisotopic (exact) mass is 330 g/mol. The van der Waals surface area contributed by atoms with Crippen molar-refractivity contribution in [1.82, 2.24) is 5.32 Å². The van der Waals surface area contributed by atoms with Gasteiger partial charge in [0, 0.05) is 31.7 Å². The van der Waals surface area contributed by atoms with Crippen LogP contribution in [0.2, 0.25) is 0 Å². The molecule has 1 fully saturated rings. The number of nitrogens with zero attached hydrogens (tertiary/aromatic N) is 1. The van der Waals surface area contributed by atoms with Gasteiger partial charge in [-0.15, -0.1) is 0 Å². The Bertz CT molecular complexity index is 695. The number of carbonyl (C=O) groups excluding carboxylic acids is 3. The second-order valence-electron chi connectivity index (χ2n) is 5.67. The molecule has 0 bridgehead atoms. The van der Waals surface area contributed by atoms with Crippen molar-refractivity contribution in [2.24, 2.45) is 0 Å². The smallest absolute Gasteiger partial charge is 0.414 e. The standard InChI is InChI=1S/C17H18N2O5/c1-11(20)18-9-15-10-24-17(22)19(15)14-4-2-12(3-5-14)13-6-7-23-16(21)8-13/h2-5,8,15H,6-7,9-10H2,1H3,(H,18,20). The van der Waals surface area contributed by atoms with E-state index in [4.69, 9.17) is 9.47 Å². The van der Waals surface area contributed by atoms with E-state index in [-0.39, 0.29) is 24.5 Å². The predicted molar refractivity (Wildman–Crippen MR) is 86.3 cm³/mol. The fourth-order valence-corrected chi connectivity index (χ4v) is 2.77. The van der Waals surface area contributed by atoms with Crippen LogP contribution in [-0.2, 0) is 19.1 Å². The van der Waals surface area contributed by atoms with Gasteiger partial charge in [-0.05, 0) is 23.3 Å². The van der Waals surface area contributed by atoms with Gasteiger partial charge < -0.3 is 14.8 Å². The van der Waals surface area contributed by atoms with Gasteiger partial charge in [0.05, 0.1) is 12.6 Å². The molecule has 0 aromatic heterocycles. The van der Waals surface area contributed by atoms with Crippen LogP contribution in [0.25, 0.3) is 5.57 Å². The Hall–Kier alpha value is -2.83. The van der Waals surface area contributed by atoms with Crippen molar-refractivity contribution >= 4 is 29.2 Å². The first-order valence-electron chi connectivity index (χ1n) is 7.73. The van der Waals surface area contributed by atoms with E-state index in [9.17, 15) is 14.4 Å². The zero-order valence-corrected chi connectivity index (χ0v) is 13.3. The summed E-state index contributed by atoms with van der Waals surface area (Å²) in [5.74, 6) is -0.486. The molecule has 2 heterocycles. The summed E-state index contributed by atoms with van der Waals surface area (Å²) in [4.78, 5) is 35.9. The first-order chi connectivity index (χ1) is 11.5. The molecule has 3 rings (SSSR count). The summed E-state index contributed by atoms with van der Waals surface area (Å²) in [7, 11) is 0. The minimum Gasteiger partial charge on any atom is -0.462 e. The number of hydrogen-bond donors (Lipinski definition) is 1. The number of hydrogen-bond acceptors (Lipinski definition) is 5. The molecule has 1 atom stereocenters. The Labute approximate surface area is 139 Å². The molecular weight excluding hydrogens is 312 g/mol. The quantitative estimate of drug-likeness (QED) is 0.845. The summed E-state index contributed by atoms with van der Waals surface area (Å²) >= 11 is 0. The van der Waals surface area contributed by atoms with Crippen LogP contribution in [0.1, 0.15) is 18.9 Å². The number of anilines is 1. The summed E-state index contributed by atoms with van der Waals surface area (Å²) in [5, 5.41) is 2.70. The maximum Gasteiger partial charge on any atom is 0.414 e. The SMILES string of the molecule is CC(=O)NCC1COC(=O)N1c1ccc(C2=CC(=O)OCC2)cc1. The Morgan fingerprint density at radius 3 is 2.67 bits per heavy atom. The molecule has 7 nitrogen and oxygen atoms in total. The zero-order valence-electron chi connectivity index (χ0n) is 13.3. The van der Waals surface area contributed by atoms with Crippen LogP contribution in [0.3, 0.4) is 0 Å². The average molecular weight is 330 g/mol. The van der Waals surface area contributed by atoms with E-state index in [1.807, 2.05) is 24.3 Å². The van der Waals surface area contributed by atoms with Crippen molar-refractivity contribution in [3.05, 3.63) is 35.9 Å². The number of rotatable bonds is 4. The van der Waals surface area contributed by atoms with Crippen LogP contribution in [0.4, 0.5) is 10.5 Å². The molecule has 24 heavy (non-hydrogen) atoms. The number of carbonyl (C=O) groups is 3. The van der Waals surface area contributed by atoms with Crippen LogP contribution in [0.5, 0.6) is 0 Å². The van der Waals surface area contributed by atoms with Gasteiger partial charge in [0.1, 0.15) is 6.61 Å². The first-order valence-corrected chi connectivity index (χ1v) is 7.73. The summed E-state index contributed by atoms with van der Waals surface area (Å²) in [6, 6.07) is 7.10. The van der Waals surface area contributed by atoms with Crippen LogP contribution in [-0.4, -0.2) is 43.8 Å². The lowest BCUT2D eigenvalue weighted by atomic mass is 10.0. The average Bonchev–Trinajstić information content (AvgIpc) is 2.94. The van der Waals surface area contributed by atoms with E-state index >= 15 is 0 Å². The zero-order chi connectivity index (χ0) is 17.1. The van der Waals surface area contributed by atoms with E-state index in [0.717, 1.165) is 11.1 Å². The van der Waals surface area contributed by atoms with Crippen LogP contribution >= 0.6 is 0 Å². The molecule has 2 amide bonds. The molecule has 0 radical (unpaired) electrons. The Kier molecular flexibility index (Phi) is 4.50. The summed E-state index contributed by atoms with van der Waals surface area (Å²) in [6.45, 7) is 2.38. The van der Waals surface area contributed by atoms with E-state index in [0.29, 0.717) is 25.3 Å². The first kappa shape index (κ1) is 16.0. The van der Waals surface area contributed by atoms with Gasteiger partial charge in [-0.25, -0.2) is 9.59 Å². The molecule has 2 aliphatic heterocycles. The topological polar surface area (TPSA) is 84.9 Å². The molecule has 1 aromatic rings. The van der Waals surface area contributed by atoms with Gasteiger partial charge in [-0.1, -0.05) is 12.1 Å². The Morgan fingerprint density at radius 2 is 2.00 bits per heavy atom. The summed E-state index contributed by atoms with van der Waals surface area (Å²) < 4.78 is 9.98. The van der Waals surface area contributed by atoms with Gasteiger partial charge in [0.15, 0.2) is 0 Å². The molecule has 1 N–H and O–H groups in total. The maximum absolute atomic E-state index is 12.0. The summed E-state index contributed by atoms with van der Waals surface area (Å²) in [5.41, 5.74) is 2.52. The van der Waals surface area contributed by atoms with Crippen molar-refractivity contribution in [2.75, 3.05) is 24.7 Å². The fourth-order valence-electron chi connectivity index (χ4n) is 2.77. The minimum absolute atomic E-state index is 0.152. The molecule has 0 saturated carbocycles. The highest BCUT2D eigenvalue weighted by Crippen LogP contribution is 2.27. The second-order valence-corrected chi connectivity index (χ2v) is 5.67. The normalized spacial score (nSPS) is 20.3. The second kappa shape index (κ2) is 6.74. The van der Waals surface area contributed by atoms with Gasteiger partial charge in [0.2, 0.25) is 5.91 Å². The van der Waals surface area contributed by atoms with E-state index in [1.54, 1.807) is 0 Å². The molecule has 1 unspecified atom stereocenters. The lowest BCUT2D eigenvalue weighted by Gasteiger charge is -2.22. The van der Waals surface area contributed by atoms with E-state index in [1.165, 1.54) is 17.9 Å². The number of cyclic esters (lactones) is 2. The van der Waals surface area contributed by atoms with Gasteiger partial charge >= 0.3 is 12.1 Å². The minimum atomic E-state index is -0.432. The molecule has 1 saturated heterocycles. The lowest BCUT2D eigenvalue weighted by Crippen LogP contribution is -2.42. The highest BCUT2D eigenvalue weighted by Gasteiger charge is 2.34. The molecule has 0 aliphatic carbocycles. The lowest BCUT2D eigenvalue weighted by molar-refractivity contribution is -0.138. The highest BCUT2D eigenvalue weighted by molar-refractivity contribution is 5.94. The number of ether oxygens (including phenoxy) is 2. The summed E-state index contributed by atoms with van der Waals surface area (Å²) in [6.07, 6.45) is 1.73. The maximum atomic E-state index is 12.0. The molecule has 2 aliphatic rings. The third-order valence-corrected chi connectivity index (χ3v) is 3.97. The molecule has 1 aromatic carbocycles. The van der Waals surface area contributed by atoms with Crippen molar-refractivity contribution < 1.29 is 23.9 Å². The molecule has 126 valence electrons. The third-order valence-electron chi connectivity index (χ3n) is 3.97. The van der Waals surface area contributed by atoms with Gasteiger partial charge in [0.25, 0.3) is 0 Å². The number of benzene rings is 1. The Balaban J connectivity index is 1.77. The van der Waals surface area contributed by atoms with Crippen LogP contribution in [0.15, 0.2) is 30.3 Å². The van der Waals surface area contributed by atoms with E-state index in [2.05, 4.69) is 5.32 Å². The van der Waals surface area contributed by atoms with Gasteiger partial charge in [-0.2, -0.15) is 0 Å².